The Balaban J connectivity index is 1.25. The quantitative estimate of drug-likeness (QED) is 0.226. The van der Waals surface area contributed by atoms with Crippen LogP contribution in [-0.4, -0.2) is 34.6 Å². The molecule has 0 fully saturated rings. The van der Waals surface area contributed by atoms with Crippen LogP contribution in [0.3, 0.4) is 0 Å². The maximum absolute atomic E-state index is 13.0. The topological polar surface area (TPSA) is 90.4 Å². The molecule has 0 aliphatic heterocycles. The van der Waals surface area contributed by atoms with Gasteiger partial charge in [0.05, 0.1) is 28.1 Å². The fourth-order valence-electron chi connectivity index (χ4n) is 3.67. The van der Waals surface area contributed by atoms with Crippen molar-refractivity contribution in [1.29, 1.82) is 0 Å². The summed E-state index contributed by atoms with van der Waals surface area (Å²) in [4.78, 5) is 34.9. The second-order valence-corrected chi connectivity index (χ2v) is 9.95. The average Bonchev–Trinajstić information content (AvgIpc) is 3.56. The largest absolute Gasteiger partial charge is 0.494 e. The van der Waals surface area contributed by atoms with Crippen LogP contribution in [0, 0.1) is 0 Å². The van der Waals surface area contributed by atoms with Gasteiger partial charge in [-0.25, -0.2) is 14.8 Å². The van der Waals surface area contributed by atoms with Crippen molar-refractivity contribution in [2.24, 2.45) is 0 Å². The van der Waals surface area contributed by atoms with Crippen molar-refractivity contribution in [2.75, 3.05) is 11.9 Å². The minimum Gasteiger partial charge on any atom is -0.494 e. The molecule has 9 heteroatoms. The zero-order chi connectivity index (χ0) is 25.8. The number of hydrogen-bond donors (Lipinski definition) is 1. The highest BCUT2D eigenvalue weighted by atomic mass is 32.1. The molecular formula is C28H23N3O4S2. The Labute approximate surface area is 221 Å². The Hall–Kier alpha value is -4.08. The molecule has 0 saturated heterocycles. The van der Waals surface area contributed by atoms with Crippen molar-refractivity contribution in [2.45, 2.75) is 20.0 Å². The summed E-state index contributed by atoms with van der Waals surface area (Å²) < 4.78 is 12.0. The van der Waals surface area contributed by atoms with E-state index >= 15 is 0 Å². The van der Waals surface area contributed by atoms with E-state index in [4.69, 9.17) is 9.47 Å². The van der Waals surface area contributed by atoms with Gasteiger partial charge in [0.25, 0.3) is 5.91 Å². The number of carbonyl (C=O) groups is 2. The number of ether oxygens (including phenoxy) is 2. The first-order chi connectivity index (χ1) is 18.0. The molecule has 0 aliphatic rings. The number of hydrogen-bond acceptors (Lipinski definition) is 8. The van der Waals surface area contributed by atoms with Crippen molar-refractivity contribution in [3.63, 3.8) is 0 Å². The van der Waals surface area contributed by atoms with Crippen molar-refractivity contribution in [1.82, 2.24) is 9.97 Å². The highest BCUT2D eigenvalue weighted by Crippen LogP contribution is 2.32. The van der Waals surface area contributed by atoms with Gasteiger partial charge in [-0.2, -0.15) is 0 Å². The van der Waals surface area contributed by atoms with Crippen LogP contribution in [0.5, 0.6) is 5.75 Å². The molecule has 0 aliphatic carbocycles. The zero-order valence-electron chi connectivity index (χ0n) is 20.1. The van der Waals surface area contributed by atoms with E-state index in [1.165, 1.54) is 29.6 Å². The predicted molar refractivity (Wildman–Crippen MR) is 147 cm³/mol. The Morgan fingerprint density at radius 2 is 1.73 bits per heavy atom. The fourth-order valence-corrected chi connectivity index (χ4v) is 5.40. The molecular weight excluding hydrogens is 506 g/mol. The molecule has 186 valence electrons. The van der Waals surface area contributed by atoms with Crippen molar-refractivity contribution in [3.05, 3.63) is 83.7 Å². The number of thiazole rings is 2. The molecule has 3 aromatic carbocycles. The van der Waals surface area contributed by atoms with E-state index in [1.54, 1.807) is 12.1 Å². The maximum atomic E-state index is 13.0. The van der Waals surface area contributed by atoms with Crippen LogP contribution in [0.15, 0.2) is 78.2 Å². The van der Waals surface area contributed by atoms with Crippen molar-refractivity contribution >= 4 is 49.9 Å². The molecule has 0 bridgehead atoms. The van der Waals surface area contributed by atoms with Gasteiger partial charge in [-0.1, -0.05) is 30.3 Å². The number of esters is 1. The number of nitrogens with one attached hydrogen (secondary N) is 1. The van der Waals surface area contributed by atoms with Gasteiger partial charge >= 0.3 is 5.97 Å². The normalized spacial score (nSPS) is 11.7. The van der Waals surface area contributed by atoms with Crippen LogP contribution in [0.2, 0.25) is 0 Å². The molecule has 1 N–H and O–H groups in total. The molecule has 0 saturated carbocycles. The first kappa shape index (κ1) is 24.6. The number of benzene rings is 3. The third-order valence-corrected chi connectivity index (χ3v) is 7.35. The number of fused-ring (bicyclic) bond motifs is 1. The molecule has 37 heavy (non-hydrogen) atoms. The molecule has 0 spiro atoms. The van der Waals surface area contributed by atoms with E-state index in [0.717, 1.165) is 32.2 Å². The number of carbonyl (C=O) groups excluding carboxylic acids is 2. The Kier molecular flexibility index (Phi) is 7.25. The lowest BCUT2D eigenvalue weighted by molar-refractivity contribution is -0.123. The molecule has 7 nitrogen and oxygen atoms in total. The summed E-state index contributed by atoms with van der Waals surface area (Å²) in [6.45, 7) is 4.07. The first-order valence-corrected chi connectivity index (χ1v) is 13.4. The van der Waals surface area contributed by atoms with Crippen molar-refractivity contribution < 1.29 is 19.1 Å². The number of rotatable bonds is 8. The predicted octanol–water partition coefficient (Wildman–Crippen LogP) is 6.67. The van der Waals surface area contributed by atoms with E-state index in [0.29, 0.717) is 22.9 Å². The second kappa shape index (κ2) is 10.9. The Morgan fingerprint density at radius 3 is 2.51 bits per heavy atom. The fraction of sp³-hybridized carbons (Fsp3) is 0.143. The average molecular weight is 530 g/mol. The van der Waals surface area contributed by atoms with Crippen molar-refractivity contribution in [3.8, 4) is 27.6 Å². The summed E-state index contributed by atoms with van der Waals surface area (Å²) in [5.41, 5.74) is 3.53. The minimum absolute atomic E-state index is 0.355. The molecule has 2 aromatic heterocycles. The molecule has 1 amide bonds. The standard InChI is InChI=1S/C28H23N3O4S2/c1-3-34-19-14-12-18(13-15-19)23-16-36-28(30-23)31-25(32)17(2)35-27(33)21-9-5-4-8-20(21)26-29-22-10-6-7-11-24(22)37-26/h4-17H,3H2,1-2H3,(H,30,31,32). The highest BCUT2D eigenvalue weighted by molar-refractivity contribution is 7.21. The number of anilines is 1. The van der Waals surface area contributed by atoms with Crippen LogP contribution >= 0.6 is 22.7 Å². The smallest absolute Gasteiger partial charge is 0.339 e. The molecule has 2 heterocycles. The molecule has 1 atom stereocenters. The van der Waals surface area contributed by atoms with Crippen LogP contribution in [-0.2, 0) is 9.53 Å². The van der Waals surface area contributed by atoms with Gasteiger partial charge in [-0.05, 0) is 56.3 Å². The van der Waals surface area contributed by atoms with Gasteiger partial charge in [0, 0.05) is 16.5 Å². The summed E-state index contributed by atoms with van der Waals surface area (Å²) in [5.74, 6) is -0.263. The lowest BCUT2D eigenvalue weighted by atomic mass is 10.1. The number of aromatic nitrogens is 2. The summed E-state index contributed by atoms with van der Waals surface area (Å²) in [6, 6.07) is 22.5. The molecule has 5 rings (SSSR count). The summed E-state index contributed by atoms with van der Waals surface area (Å²) in [5, 5.41) is 5.74. The van der Waals surface area contributed by atoms with E-state index in [1.807, 2.05) is 73.0 Å². The summed E-state index contributed by atoms with van der Waals surface area (Å²) in [6.07, 6.45) is -1.02. The SMILES string of the molecule is CCOc1ccc(-c2csc(NC(=O)C(C)OC(=O)c3ccccc3-c3nc4ccccc4s3)n2)cc1. The first-order valence-electron chi connectivity index (χ1n) is 11.7. The number of para-hydroxylation sites is 1. The van der Waals surface area contributed by atoms with Crippen LogP contribution < -0.4 is 10.1 Å². The van der Waals surface area contributed by atoms with Crippen LogP contribution in [0.4, 0.5) is 5.13 Å². The summed E-state index contributed by atoms with van der Waals surface area (Å²) >= 11 is 2.80. The monoisotopic (exact) mass is 529 g/mol. The van der Waals surface area contributed by atoms with Gasteiger partial charge in [0.2, 0.25) is 0 Å². The van der Waals surface area contributed by atoms with Gasteiger partial charge in [0.1, 0.15) is 10.8 Å². The van der Waals surface area contributed by atoms with Crippen LogP contribution in [0.1, 0.15) is 24.2 Å². The maximum Gasteiger partial charge on any atom is 0.339 e. The third-order valence-electron chi connectivity index (χ3n) is 5.52. The lowest BCUT2D eigenvalue weighted by Gasteiger charge is -2.13. The Bertz CT molecular complexity index is 1530. The summed E-state index contributed by atoms with van der Waals surface area (Å²) in [7, 11) is 0. The van der Waals surface area contributed by atoms with Gasteiger partial charge in [-0.3, -0.25) is 10.1 Å². The Morgan fingerprint density at radius 1 is 0.973 bits per heavy atom. The van der Waals surface area contributed by atoms with Crippen LogP contribution in [0.25, 0.3) is 32.0 Å². The van der Waals surface area contributed by atoms with Gasteiger partial charge < -0.3 is 9.47 Å². The third kappa shape index (κ3) is 5.52. The number of nitrogens with zero attached hydrogens (tertiary/aromatic N) is 2. The second-order valence-electron chi connectivity index (χ2n) is 8.06. The lowest BCUT2D eigenvalue weighted by Crippen LogP contribution is -2.30. The minimum atomic E-state index is -1.02. The van der Waals surface area contributed by atoms with E-state index < -0.39 is 18.0 Å². The van der Waals surface area contributed by atoms with Gasteiger partial charge in [-0.15, -0.1) is 22.7 Å². The van der Waals surface area contributed by atoms with E-state index in [-0.39, 0.29) is 0 Å². The molecule has 1 unspecified atom stereocenters. The van der Waals surface area contributed by atoms with E-state index in [9.17, 15) is 9.59 Å². The van der Waals surface area contributed by atoms with E-state index in [2.05, 4.69) is 15.3 Å². The molecule has 0 radical (unpaired) electrons. The zero-order valence-corrected chi connectivity index (χ0v) is 21.8. The molecule has 5 aromatic rings. The highest BCUT2D eigenvalue weighted by Gasteiger charge is 2.23. The number of amides is 1. The van der Waals surface area contributed by atoms with Gasteiger partial charge in [0.15, 0.2) is 11.2 Å².